The molecule has 5 heteroatoms. The summed E-state index contributed by atoms with van der Waals surface area (Å²) in [5.74, 6) is 0.868. The number of hydrogen-bond acceptors (Lipinski definition) is 5. The Bertz CT molecular complexity index is 490. The van der Waals surface area contributed by atoms with Gasteiger partial charge in [-0.25, -0.2) is 14.8 Å². The fraction of sp³-hybridized carbons (Fsp3) is 0.667. The van der Waals surface area contributed by atoms with Gasteiger partial charge in [0.2, 0.25) is 0 Å². The highest BCUT2D eigenvalue weighted by atomic mass is 16.5. The monoisotopic (exact) mass is 277 g/mol. The van der Waals surface area contributed by atoms with Gasteiger partial charge in [0, 0.05) is 12.1 Å². The predicted octanol–water partition coefficient (Wildman–Crippen LogP) is 2.92. The molecule has 0 unspecified atom stereocenters. The van der Waals surface area contributed by atoms with E-state index in [4.69, 9.17) is 10.5 Å². The smallest absolute Gasteiger partial charge is 0.343 e. The van der Waals surface area contributed by atoms with Gasteiger partial charge in [0.1, 0.15) is 17.2 Å². The fourth-order valence-corrected chi connectivity index (χ4v) is 2.63. The molecular weight excluding hydrogens is 254 g/mol. The van der Waals surface area contributed by atoms with Crippen LogP contribution in [0.5, 0.6) is 0 Å². The van der Waals surface area contributed by atoms with Gasteiger partial charge < -0.3 is 10.5 Å². The number of nitrogens with two attached hydrogens (primary N) is 1. The zero-order valence-corrected chi connectivity index (χ0v) is 12.5. The summed E-state index contributed by atoms with van der Waals surface area (Å²) in [5, 5.41) is 0. The van der Waals surface area contributed by atoms with Crippen LogP contribution < -0.4 is 5.73 Å². The lowest BCUT2D eigenvalue weighted by Gasteiger charge is -2.33. The molecule has 1 heterocycles. The van der Waals surface area contributed by atoms with Gasteiger partial charge in [0.05, 0.1) is 6.61 Å². The van der Waals surface area contributed by atoms with Crippen LogP contribution in [0.4, 0.5) is 5.82 Å². The van der Waals surface area contributed by atoms with Crippen LogP contribution in [0, 0.1) is 5.41 Å². The van der Waals surface area contributed by atoms with Crippen molar-refractivity contribution in [1.29, 1.82) is 0 Å². The van der Waals surface area contributed by atoms with Crippen molar-refractivity contribution in [2.75, 3.05) is 12.3 Å². The second kappa shape index (κ2) is 5.77. The number of ether oxygens (including phenoxy) is 1. The molecule has 0 aliphatic heterocycles. The number of nitrogen functional groups attached to an aromatic ring is 1. The van der Waals surface area contributed by atoms with E-state index >= 15 is 0 Å². The minimum atomic E-state index is -0.457. The second-order valence-electron chi connectivity index (χ2n) is 6.19. The third-order valence-corrected chi connectivity index (χ3v) is 4.04. The molecule has 110 valence electrons. The molecule has 0 radical (unpaired) electrons. The van der Waals surface area contributed by atoms with Crippen molar-refractivity contribution < 1.29 is 9.53 Å². The molecule has 0 spiro atoms. The number of anilines is 1. The van der Waals surface area contributed by atoms with Crippen molar-refractivity contribution in [2.45, 2.75) is 52.4 Å². The standard InChI is InChI=1S/C15H23N3O2/c1-4-20-14(19)11-9-17-13(18-12(11)16)10-5-7-15(2,3)8-6-10/h9-10H,4-8H2,1-3H3,(H2,16,17,18). The first-order valence-electron chi connectivity index (χ1n) is 7.22. The van der Waals surface area contributed by atoms with E-state index in [0.717, 1.165) is 18.7 Å². The predicted molar refractivity (Wildman–Crippen MR) is 77.4 cm³/mol. The summed E-state index contributed by atoms with van der Waals surface area (Å²) in [5.41, 5.74) is 6.53. The average Bonchev–Trinajstić information content (AvgIpc) is 2.38. The Kier molecular flexibility index (Phi) is 4.26. The molecule has 1 aliphatic rings. The van der Waals surface area contributed by atoms with Gasteiger partial charge in [-0.1, -0.05) is 13.8 Å². The lowest BCUT2D eigenvalue weighted by Crippen LogP contribution is -2.22. The summed E-state index contributed by atoms with van der Waals surface area (Å²) in [6.45, 7) is 6.66. The van der Waals surface area contributed by atoms with E-state index < -0.39 is 5.97 Å². The molecule has 1 aliphatic carbocycles. The highest BCUT2D eigenvalue weighted by Gasteiger charge is 2.29. The molecule has 1 aromatic heterocycles. The number of hydrogen-bond donors (Lipinski definition) is 1. The normalized spacial score (nSPS) is 18.8. The second-order valence-corrected chi connectivity index (χ2v) is 6.19. The van der Waals surface area contributed by atoms with Crippen molar-refractivity contribution in [3.63, 3.8) is 0 Å². The van der Waals surface area contributed by atoms with E-state index in [1.165, 1.54) is 19.0 Å². The lowest BCUT2D eigenvalue weighted by molar-refractivity contribution is 0.0526. The van der Waals surface area contributed by atoms with E-state index in [0.29, 0.717) is 17.9 Å². The molecule has 0 saturated heterocycles. The molecule has 0 amide bonds. The molecule has 1 saturated carbocycles. The molecular formula is C15H23N3O2. The minimum absolute atomic E-state index is 0.221. The summed E-state index contributed by atoms with van der Waals surface area (Å²) in [4.78, 5) is 20.3. The van der Waals surface area contributed by atoms with Crippen molar-refractivity contribution in [1.82, 2.24) is 9.97 Å². The molecule has 5 nitrogen and oxygen atoms in total. The van der Waals surface area contributed by atoms with Crippen LogP contribution >= 0.6 is 0 Å². The van der Waals surface area contributed by atoms with Crippen molar-refractivity contribution >= 4 is 11.8 Å². The summed E-state index contributed by atoms with van der Waals surface area (Å²) in [7, 11) is 0. The van der Waals surface area contributed by atoms with Crippen molar-refractivity contribution in [3.8, 4) is 0 Å². The SMILES string of the molecule is CCOC(=O)c1cnc(C2CCC(C)(C)CC2)nc1N. The number of carbonyl (C=O) groups is 1. The lowest BCUT2D eigenvalue weighted by atomic mass is 9.73. The third-order valence-electron chi connectivity index (χ3n) is 4.04. The average molecular weight is 277 g/mol. The first kappa shape index (κ1) is 14.8. The molecule has 0 aromatic carbocycles. The highest BCUT2D eigenvalue weighted by Crippen LogP contribution is 2.41. The molecule has 0 bridgehead atoms. The Morgan fingerprint density at radius 1 is 1.45 bits per heavy atom. The quantitative estimate of drug-likeness (QED) is 0.859. The largest absolute Gasteiger partial charge is 0.462 e. The number of esters is 1. The van der Waals surface area contributed by atoms with Crippen LogP contribution in [0.2, 0.25) is 0 Å². The van der Waals surface area contributed by atoms with E-state index in [1.54, 1.807) is 6.92 Å². The Morgan fingerprint density at radius 3 is 2.65 bits per heavy atom. The van der Waals surface area contributed by atoms with Crippen molar-refractivity contribution in [3.05, 3.63) is 17.6 Å². The maximum atomic E-state index is 11.7. The van der Waals surface area contributed by atoms with Crippen molar-refractivity contribution in [2.24, 2.45) is 5.41 Å². The van der Waals surface area contributed by atoms with Gasteiger partial charge >= 0.3 is 5.97 Å². The van der Waals surface area contributed by atoms with E-state index in [9.17, 15) is 4.79 Å². The molecule has 2 rings (SSSR count). The van der Waals surface area contributed by atoms with Crippen LogP contribution in [0.15, 0.2) is 6.20 Å². The van der Waals surface area contributed by atoms with Gasteiger partial charge in [-0.3, -0.25) is 0 Å². The Hall–Kier alpha value is -1.65. The topological polar surface area (TPSA) is 78.1 Å². The first-order valence-corrected chi connectivity index (χ1v) is 7.22. The zero-order valence-electron chi connectivity index (χ0n) is 12.5. The molecule has 0 atom stereocenters. The van der Waals surface area contributed by atoms with Crippen LogP contribution in [0.25, 0.3) is 0 Å². The fourth-order valence-electron chi connectivity index (χ4n) is 2.63. The van der Waals surface area contributed by atoms with Crippen LogP contribution in [-0.2, 0) is 4.74 Å². The van der Waals surface area contributed by atoms with E-state index in [1.807, 2.05) is 0 Å². The Morgan fingerprint density at radius 2 is 2.10 bits per heavy atom. The van der Waals surface area contributed by atoms with Crippen LogP contribution in [0.3, 0.4) is 0 Å². The number of rotatable bonds is 3. The third kappa shape index (κ3) is 3.26. The number of aromatic nitrogens is 2. The van der Waals surface area contributed by atoms with Gasteiger partial charge in [-0.2, -0.15) is 0 Å². The minimum Gasteiger partial charge on any atom is -0.462 e. The van der Waals surface area contributed by atoms with Gasteiger partial charge in [-0.05, 0) is 38.0 Å². The number of carbonyl (C=O) groups excluding carboxylic acids is 1. The van der Waals surface area contributed by atoms with E-state index in [2.05, 4.69) is 23.8 Å². The molecule has 20 heavy (non-hydrogen) atoms. The first-order chi connectivity index (χ1) is 9.43. The zero-order chi connectivity index (χ0) is 14.8. The molecule has 1 fully saturated rings. The number of nitrogens with zero attached hydrogens (tertiary/aromatic N) is 2. The van der Waals surface area contributed by atoms with E-state index in [-0.39, 0.29) is 11.4 Å². The Balaban J connectivity index is 2.11. The maximum Gasteiger partial charge on any atom is 0.343 e. The van der Waals surface area contributed by atoms with Crippen LogP contribution in [-0.4, -0.2) is 22.5 Å². The summed E-state index contributed by atoms with van der Waals surface area (Å²) < 4.78 is 4.92. The Labute approximate surface area is 119 Å². The molecule has 1 aromatic rings. The molecule has 2 N–H and O–H groups in total. The highest BCUT2D eigenvalue weighted by molar-refractivity contribution is 5.93. The van der Waals surface area contributed by atoms with Gasteiger partial charge in [0.25, 0.3) is 0 Å². The summed E-state index contributed by atoms with van der Waals surface area (Å²) in [6.07, 6.45) is 5.98. The summed E-state index contributed by atoms with van der Waals surface area (Å²) in [6, 6.07) is 0. The summed E-state index contributed by atoms with van der Waals surface area (Å²) >= 11 is 0. The maximum absolute atomic E-state index is 11.7. The van der Waals surface area contributed by atoms with Crippen LogP contribution in [0.1, 0.15) is 68.6 Å². The van der Waals surface area contributed by atoms with Gasteiger partial charge in [-0.15, -0.1) is 0 Å². The van der Waals surface area contributed by atoms with Gasteiger partial charge in [0.15, 0.2) is 0 Å².